The van der Waals surface area contributed by atoms with E-state index in [0.717, 1.165) is 59.4 Å². The van der Waals surface area contributed by atoms with Gasteiger partial charge in [-0.2, -0.15) is 0 Å². The Bertz CT molecular complexity index is 2780. The number of thiazole rings is 1. The van der Waals surface area contributed by atoms with Crippen LogP contribution in [0.2, 0.25) is 0 Å². The van der Waals surface area contributed by atoms with Gasteiger partial charge in [0, 0.05) is 47.6 Å². The van der Waals surface area contributed by atoms with Gasteiger partial charge in [0.1, 0.15) is 16.2 Å². The molecule has 10 aromatic rings. The van der Waals surface area contributed by atoms with E-state index in [0.29, 0.717) is 17.5 Å². The summed E-state index contributed by atoms with van der Waals surface area (Å²) in [5.41, 5.74) is 6.32. The Kier molecular flexibility index (Phi) is 5.85. The summed E-state index contributed by atoms with van der Waals surface area (Å²) < 4.78 is 10.3. The summed E-state index contributed by atoms with van der Waals surface area (Å²) in [6, 6.07) is 45.7. The summed E-state index contributed by atoms with van der Waals surface area (Å²) in [6.07, 6.45) is 0. The zero-order chi connectivity index (χ0) is 30.9. The third-order valence-electron chi connectivity index (χ3n) is 8.59. The molecule has 220 valence electrons. The maximum atomic E-state index is 6.60. The molecule has 0 spiro atoms. The summed E-state index contributed by atoms with van der Waals surface area (Å²) >= 11 is 3.48. The highest BCUT2D eigenvalue weighted by Crippen LogP contribution is 2.42. The van der Waals surface area contributed by atoms with E-state index in [1.54, 1.807) is 22.7 Å². The maximum Gasteiger partial charge on any atom is 0.164 e. The van der Waals surface area contributed by atoms with Crippen molar-refractivity contribution in [2.24, 2.45) is 0 Å². The first-order valence-corrected chi connectivity index (χ1v) is 16.9. The van der Waals surface area contributed by atoms with E-state index < -0.39 is 0 Å². The molecular formula is C40H22N4OS2. The van der Waals surface area contributed by atoms with Crippen LogP contribution < -0.4 is 0 Å². The minimum atomic E-state index is 0.600. The van der Waals surface area contributed by atoms with Crippen LogP contribution in [-0.2, 0) is 0 Å². The first-order valence-electron chi connectivity index (χ1n) is 15.3. The maximum absolute atomic E-state index is 6.60. The quantitative estimate of drug-likeness (QED) is 0.192. The van der Waals surface area contributed by atoms with E-state index in [9.17, 15) is 0 Å². The number of furan rings is 1. The van der Waals surface area contributed by atoms with Gasteiger partial charge in [0.25, 0.3) is 0 Å². The zero-order valence-corrected chi connectivity index (χ0v) is 26.3. The van der Waals surface area contributed by atoms with Gasteiger partial charge in [-0.1, -0.05) is 84.9 Å². The third kappa shape index (κ3) is 4.28. The molecular weight excluding hydrogens is 617 g/mol. The minimum absolute atomic E-state index is 0.600. The first kappa shape index (κ1) is 26.5. The van der Waals surface area contributed by atoms with Gasteiger partial charge in [0.15, 0.2) is 17.5 Å². The van der Waals surface area contributed by atoms with Crippen LogP contribution in [0.15, 0.2) is 138 Å². The summed E-state index contributed by atoms with van der Waals surface area (Å²) in [7, 11) is 0. The molecule has 10 rings (SSSR count). The molecule has 4 heterocycles. The van der Waals surface area contributed by atoms with Crippen LogP contribution in [-0.4, -0.2) is 19.9 Å². The monoisotopic (exact) mass is 638 g/mol. The highest BCUT2D eigenvalue weighted by Gasteiger charge is 2.21. The van der Waals surface area contributed by atoms with E-state index in [2.05, 4.69) is 72.8 Å². The number of thiophene rings is 1. The molecule has 0 N–H and O–H groups in total. The van der Waals surface area contributed by atoms with Crippen LogP contribution >= 0.6 is 22.7 Å². The van der Waals surface area contributed by atoms with Crippen molar-refractivity contribution >= 4 is 75.0 Å². The number of benzene rings is 6. The molecule has 7 heteroatoms. The van der Waals surface area contributed by atoms with Gasteiger partial charge in [-0.3, -0.25) is 0 Å². The van der Waals surface area contributed by atoms with Crippen LogP contribution in [0.25, 0.3) is 97.1 Å². The smallest absolute Gasteiger partial charge is 0.164 e. The zero-order valence-electron chi connectivity index (χ0n) is 24.7. The molecule has 0 bridgehead atoms. The largest absolute Gasteiger partial charge is 0.455 e. The number of para-hydroxylation sites is 2. The van der Waals surface area contributed by atoms with Crippen molar-refractivity contribution in [1.29, 1.82) is 0 Å². The van der Waals surface area contributed by atoms with Crippen molar-refractivity contribution in [2.45, 2.75) is 0 Å². The second-order valence-electron chi connectivity index (χ2n) is 11.4. The van der Waals surface area contributed by atoms with Gasteiger partial charge < -0.3 is 4.42 Å². The molecule has 0 saturated carbocycles. The summed E-state index contributed by atoms with van der Waals surface area (Å²) in [5.74, 6) is 1.86. The van der Waals surface area contributed by atoms with Gasteiger partial charge >= 0.3 is 0 Å². The predicted octanol–water partition coefficient (Wildman–Crippen LogP) is 11.4. The van der Waals surface area contributed by atoms with E-state index in [1.807, 2.05) is 60.7 Å². The van der Waals surface area contributed by atoms with E-state index in [4.69, 9.17) is 24.4 Å². The Hall–Kier alpha value is -5.76. The van der Waals surface area contributed by atoms with E-state index in [1.165, 1.54) is 20.2 Å². The van der Waals surface area contributed by atoms with Crippen molar-refractivity contribution < 1.29 is 4.42 Å². The number of aromatic nitrogens is 4. The lowest BCUT2D eigenvalue weighted by molar-refractivity contribution is 0.670. The molecule has 6 aromatic carbocycles. The first-order chi connectivity index (χ1) is 23.3. The highest BCUT2D eigenvalue weighted by molar-refractivity contribution is 7.25. The summed E-state index contributed by atoms with van der Waals surface area (Å²) in [5, 5.41) is 5.35. The van der Waals surface area contributed by atoms with Crippen molar-refractivity contribution in [3.05, 3.63) is 133 Å². The van der Waals surface area contributed by atoms with Gasteiger partial charge in [-0.15, -0.1) is 22.7 Å². The Morgan fingerprint density at radius 3 is 2.04 bits per heavy atom. The van der Waals surface area contributed by atoms with Crippen LogP contribution in [0.1, 0.15) is 0 Å². The van der Waals surface area contributed by atoms with Crippen LogP contribution in [0.4, 0.5) is 0 Å². The van der Waals surface area contributed by atoms with Crippen LogP contribution in [0, 0.1) is 0 Å². The predicted molar refractivity (Wildman–Crippen MR) is 195 cm³/mol. The van der Waals surface area contributed by atoms with Gasteiger partial charge in [0.2, 0.25) is 0 Å². The number of nitrogens with zero attached hydrogens (tertiary/aromatic N) is 4. The topological polar surface area (TPSA) is 64.7 Å². The number of hydrogen-bond donors (Lipinski definition) is 0. The Morgan fingerprint density at radius 2 is 1.15 bits per heavy atom. The molecule has 0 aliphatic heterocycles. The molecule has 4 aromatic heterocycles. The lowest BCUT2D eigenvalue weighted by Crippen LogP contribution is -2.00. The Labute approximate surface area is 276 Å². The normalized spacial score (nSPS) is 11.8. The molecule has 5 nitrogen and oxygen atoms in total. The number of fused-ring (bicyclic) bond motifs is 7. The molecule has 0 amide bonds. The fourth-order valence-electron chi connectivity index (χ4n) is 6.40. The van der Waals surface area contributed by atoms with Gasteiger partial charge in [-0.05, 0) is 48.5 Å². The van der Waals surface area contributed by atoms with E-state index in [-0.39, 0.29) is 0 Å². The van der Waals surface area contributed by atoms with Crippen molar-refractivity contribution in [3.8, 4) is 44.7 Å². The molecule has 0 atom stereocenters. The average Bonchev–Trinajstić information content (AvgIpc) is 3.84. The fraction of sp³-hybridized carbons (Fsp3) is 0. The average molecular weight is 639 g/mol. The second kappa shape index (κ2) is 10.4. The van der Waals surface area contributed by atoms with Crippen LogP contribution in [0.3, 0.4) is 0 Å². The van der Waals surface area contributed by atoms with Gasteiger partial charge in [-0.25, -0.2) is 19.9 Å². The molecule has 47 heavy (non-hydrogen) atoms. The lowest BCUT2D eigenvalue weighted by atomic mass is 10.0. The molecule has 0 aliphatic carbocycles. The fourth-order valence-corrected chi connectivity index (χ4v) is 8.47. The van der Waals surface area contributed by atoms with Crippen molar-refractivity contribution in [2.75, 3.05) is 0 Å². The second-order valence-corrected chi connectivity index (χ2v) is 13.5. The Balaban J connectivity index is 1.20. The number of rotatable bonds is 4. The molecule has 0 saturated heterocycles. The Morgan fingerprint density at radius 1 is 0.447 bits per heavy atom. The summed E-state index contributed by atoms with van der Waals surface area (Å²) in [4.78, 5) is 20.2. The molecule has 0 aliphatic rings. The molecule has 0 radical (unpaired) electrons. The minimum Gasteiger partial charge on any atom is -0.455 e. The molecule has 0 unspecified atom stereocenters. The highest BCUT2D eigenvalue weighted by atomic mass is 32.1. The van der Waals surface area contributed by atoms with Crippen molar-refractivity contribution in [3.63, 3.8) is 0 Å². The molecule has 0 fully saturated rings. The van der Waals surface area contributed by atoms with E-state index >= 15 is 0 Å². The van der Waals surface area contributed by atoms with Gasteiger partial charge in [0.05, 0.1) is 15.8 Å². The summed E-state index contributed by atoms with van der Waals surface area (Å²) in [6.45, 7) is 0. The number of hydrogen-bond acceptors (Lipinski definition) is 7. The lowest BCUT2D eigenvalue weighted by Gasteiger charge is -2.09. The van der Waals surface area contributed by atoms with Crippen LogP contribution in [0.5, 0.6) is 0 Å². The van der Waals surface area contributed by atoms with Crippen molar-refractivity contribution in [1.82, 2.24) is 19.9 Å². The standard InChI is InChI=1S/C40H22N4OS2/c1-2-10-23(11-3-1)37-42-38(24-20-21-33-29(22-24)25-12-4-6-18-32(25)46-33)44-39(43-37)27-14-9-17-31-35(27)26-13-8-15-28(36(26)45-31)40-41-30-16-5-7-19-34(30)47-40/h1-22H. The SMILES string of the molecule is c1ccc(-c2nc(-c3ccc4sc5ccccc5c4c3)nc(-c3cccc4oc5c(-c6nc7ccccc7s6)cccc5c34)n2)cc1. The third-order valence-corrected chi connectivity index (χ3v) is 10.8.